The van der Waals surface area contributed by atoms with Crippen LogP contribution < -0.4 is 10.6 Å². The lowest BCUT2D eigenvalue weighted by atomic mass is 9.83. The zero-order chi connectivity index (χ0) is 25.5. The average Bonchev–Trinajstić information content (AvgIpc) is 3.66. The quantitative estimate of drug-likeness (QED) is 0.396. The molecule has 2 fully saturated rings. The van der Waals surface area contributed by atoms with Crippen LogP contribution in [0.3, 0.4) is 0 Å². The highest BCUT2D eigenvalue weighted by atomic mass is 16.5. The summed E-state index contributed by atoms with van der Waals surface area (Å²) in [7, 11) is 1.35. The molecule has 2 aromatic carbocycles. The third kappa shape index (κ3) is 4.22. The molecule has 8 nitrogen and oxygen atoms in total. The van der Waals surface area contributed by atoms with Crippen LogP contribution in [0.1, 0.15) is 45.7 Å². The molecule has 2 heterocycles. The van der Waals surface area contributed by atoms with Gasteiger partial charge in [-0.05, 0) is 78.3 Å². The Morgan fingerprint density at radius 1 is 1.00 bits per heavy atom. The van der Waals surface area contributed by atoms with Gasteiger partial charge in [0.15, 0.2) is 0 Å². The summed E-state index contributed by atoms with van der Waals surface area (Å²) in [6, 6.07) is 16.3. The number of methoxy groups -OCH3 is 1. The highest BCUT2D eigenvalue weighted by Gasteiger charge is 2.51. The number of hydrogen-bond donors (Lipinski definition) is 2. The van der Waals surface area contributed by atoms with E-state index in [1.807, 2.05) is 47.0 Å². The van der Waals surface area contributed by atoms with Crippen molar-refractivity contribution in [2.75, 3.05) is 7.11 Å². The molecule has 2 aromatic heterocycles. The lowest BCUT2D eigenvalue weighted by Crippen LogP contribution is -2.49. The van der Waals surface area contributed by atoms with Gasteiger partial charge in [-0.1, -0.05) is 18.2 Å². The molecule has 2 amide bonds. The van der Waals surface area contributed by atoms with E-state index in [-0.39, 0.29) is 29.7 Å². The van der Waals surface area contributed by atoms with E-state index in [0.717, 1.165) is 41.4 Å². The Kier molecular flexibility index (Phi) is 5.87. The molecule has 8 heteroatoms. The first-order valence-electron chi connectivity index (χ1n) is 12.6. The van der Waals surface area contributed by atoms with Crippen molar-refractivity contribution in [3.63, 3.8) is 0 Å². The van der Waals surface area contributed by atoms with Crippen LogP contribution in [-0.4, -0.2) is 40.3 Å². The van der Waals surface area contributed by atoms with Crippen LogP contribution in [0.15, 0.2) is 67.0 Å². The van der Waals surface area contributed by atoms with Crippen LogP contribution >= 0.6 is 0 Å². The van der Waals surface area contributed by atoms with Gasteiger partial charge in [0.25, 0.3) is 5.91 Å². The molecule has 4 aromatic rings. The molecule has 188 valence electrons. The third-order valence-electron chi connectivity index (χ3n) is 7.98. The first-order chi connectivity index (χ1) is 18.0. The SMILES string of the molecule is COC(=O)c1ccc2cc(C(=O)N[C@H]3[C@H]4CC[C@H](C4)[C@@H]3C(=O)NCc3cnc4ccccn34)ccc2c1. The maximum Gasteiger partial charge on any atom is 0.337 e. The topological polar surface area (TPSA) is 102 Å². The largest absolute Gasteiger partial charge is 0.465 e. The van der Waals surface area contributed by atoms with Crippen molar-refractivity contribution in [2.24, 2.45) is 17.8 Å². The maximum atomic E-state index is 13.4. The molecule has 2 saturated carbocycles. The van der Waals surface area contributed by atoms with E-state index in [9.17, 15) is 14.4 Å². The van der Waals surface area contributed by atoms with E-state index in [1.54, 1.807) is 24.4 Å². The Morgan fingerprint density at radius 3 is 2.57 bits per heavy atom. The van der Waals surface area contributed by atoms with E-state index in [0.29, 0.717) is 23.6 Å². The highest BCUT2D eigenvalue weighted by molar-refractivity contribution is 6.01. The zero-order valence-electron chi connectivity index (χ0n) is 20.5. The molecule has 0 spiro atoms. The minimum Gasteiger partial charge on any atom is -0.465 e. The van der Waals surface area contributed by atoms with Gasteiger partial charge in [-0.2, -0.15) is 0 Å². The molecular formula is C29H28N4O4. The number of rotatable bonds is 6. The smallest absolute Gasteiger partial charge is 0.337 e. The molecule has 2 N–H and O–H groups in total. The molecule has 0 unspecified atom stereocenters. The van der Waals surface area contributed by atoms with Gasteiger partial charge in [-0.25, -0.2) is 9.78 Å². The van der Waals surface area contributed by atoms with Crippen molar-refractivity contribution < 1.29 is 19.1 Å². The molecule has 0 radical (unpaired) electrons. The van der Waals surface area contributed by atoms with E-state index in [2.05, 4.69) is 15.6 Å². The van der Waals surface area contributed by atoms with Gasteiger partial charge in [-0.15, -0.1) is 0 Å². The molecule has 2 bridgehead atoms. The normalized spacial score (nSPS) is 22.3. The second-order valence-corrected chi connectivity index (χ2v) is 10.0. The number of nitrogens with one attached hydrogen (secondary N) is 2. The number of pyridine rings is 1. The van der Waals surface area contributed by atoms with Crippen LogP contribution in [0.2, 0.25) is 0 Å². The first kappa shape index (κ1) is 23.2. The highest BCUT2D eigenvalue weighted by Crippen LogP contribution is 2.48. The van der Waals surface area contributed by atoms with Gasteiger partial charge in [0, 0.05) is 17.8 Å². The van der Waals surface area contributed by atoms with Gasteiger partial charge in [-0.3, -0.25) is 9.59 Å². The third-order valence-corrected chi connectivity index (χ3v) is 7.98. The number of carbonyl (C=O) groups excluding carboxylic acids is 3. The van der Waals surface area contributed by atoms with Crippen molar-refractivity contribution in [2.45, 2.75) is 31.8 Å². The fraction of sp³-hybridized carbons (Fsp3) is 0.310. The summed E-state index contributed by atoms with van der Waals surface area (Å²) >= 11 is 0. The summed E-state index contributed by atoms with van der Waals surface area (Å²) in [6.45, 7) is 0.386. The lowest BCUT2D eigenvalue weighted by molar-refractivity contribution is -0.127. The number of fused-ring (bicyclic) bond motifs is 4. The molecule has 2 aliphatic rings. The first-order valence-corrected chi connectivity index (χ1v) is 12.6. The van der Waals surface area contributed by atoms with Crippen molar-refractivity contribution >= 4 is 34.2 Å². The maximum absolute atomic E-state index is 13.4. The minimum absolute atomic E-state index is 0.0165. The molecule has 0 aliphatic heterocycles. The molecule has 0 saturated heterocycles. The fourth-order valence-corrected chi connectivity index (χ4v) is 6.15. The summed E-state index contributed by atoms with van der Waals surface area (Å²) in [6.07, 6.45) is 6.73. The Morgan fingerprint density at radius 2 is 1.76 bits per heavy atom. The van der Waals surface area contributed by atoms with Gasteiger partial charge < -0.3 is 19.8 Å². The molecule has 4 atom stereocenters. The van der Waals surface area contributed by atoms with Crippen LogP contribution in [0.25, 0.3) is 16.4 Å². The number of carbonyl (C=O) groups is 3. The van der Waals surface area contributed by atoms with E-state index in [1.165, 1.54) is 7.11 Å². The summed E-state index contributed by atoms with van der Waals surface area (Å²) in [5, 5.41) is 8.00. The van der Waals surface area contributed by atoms with Gasteiger partial charge in [0.2, 0.25) is 5.91 Å². The van der Waals surface area contributed by atoms with Crippen LogP contribution in [0.4, 0.5) is 0 Å². The Balaban J connectivity index is 1.17. The second-order valence-electron chi connectivity index (χ2n) is 10.0. The number of hydrogen-bond acceptors (Lipinski definition) is 5. The van der Waals surface area contributed by atoms with E-state index in [4.69, 9.17) is 4.74 Å². The standard InChI is InChI=1S/C29H28N4O4/c1-37-29(36)22-10-6-17-12-21(9-5-18(17)13-22)27(34)32-26-20-8-7-19(14-20)25(26)28(35)31-16-23-15-30-24-4-2-3-11-33(23)24/h2-6,9-13,15,19-20,25-26H,7-8,14,16H2,1H3,(H,31,35)(H,32,34)/t19-,20+,25+,26+/m1/s1. The van der Waals surface area contributed by atoms with Crippen molar-refractivity contribution in [1.29, 1.82) is 0 Å². The Bertz CT molecular complexity index is 1530. The number of esters is 1. The van der Waals surface area contributed by atoms with Gasteiger partial charge >= 0.3 is 5.97 Å². The zero-order valence-corrected chi connectivity index (χ0v) is 20.5. The number of benzene rings is 2. The van der Waals surface area contributed by atoms with Gasteiger partial charge in [0.1, 0.15) is 5.65 Å². The molecule has 2 aliphatic carbocycles. The molecular weight excluding hydrogens is 468 g/mol. The fourth-order valence-electron chi connectivity index (χ4n) is 6.15. The number of amides is 2. The predicted octanol–water partition coefficient (Wildman–Crippen LogP) is 3.74. The number of aromatic nitrogens is 2. The summed E-state index contributed by atoms with van der Waals surface area (Å²) in [4.78, 5) is 42.8. The molecule has 37 heavy (non-hydrogen) atoms. The average molecular weight is 497 g/mol. The van der Waals surface area contributed by atoms with Crippen LogP contribution in [0, 0.1) is 17.8 Å². The van der Waals surface area contributed by atoms with E-state index < -0.39 is 5.97 Å². The number of ether oxygens (including phenoxy) is 1. The second kappa shape index (κ2) is 9.35. The van der Waals surface area contributed by atoms with Gasteiger partial charge in [0.05, 0.1) is 37.0 Å². The monoisotopic (exact) mass is 496 g/mol. The molecule has 6 rings (SSSR count). The van der Waals surface area contributed by atoms with Crippen molar-refractivity contribution in [3.05, 3.63) is 83.8 Å². The summed E-state index contributed by atoms with van der Waals surface area (Å²) in [5.41, 5.74) is 2.76. The lowest BCUT2D eigenvalue weighted by Gasteiger charge is -2.31. The minimum atomic E-state index is -0.397. The summed E-state index contributed by atoms with van der Waals surface area (Å²) in [5.74, 6) is -0.251. The summed E-state index contributed by atoms with van der Waals surface area (Å²) < 4.78 is 6.76. The Labute approximate surface area is 214 Å². The van der Waals surface area contributed by atoms with Crippen molar-refractivity contribution in [1.82, 2.24) is 20.0 Å². The predicted molar refractivity (Wildman–Crippen MR) is 138 cm³/mol. The van der Waals surface area contributed by atoms with E-state index >= 15 is 0 Å². The van der Waals surface area contributed by atoms with Crippen LogP contribution in [0.5, 0.6) is 0 Å². The number of nitrogens with zero attached hydrogens (tertiary/aromatic N) is 2. The Hall–Kier alpha value is -4.20. The van der Waals surface area contributed by atoms with Crippen LogP contribution in [-0.2, 0) is 16.1 Å². The number of imidazole rings is 1. The van der Waals surface area contributed by atoms with Crippen molar-refractivity contribution in [3.8, 4) is 0 Å².